The normalized spacial score (nSPS) is 40.3. The molecule has 0 atom stereocenters. The van der Waals surface area contributed by atoms with Crippen LogP contribution in [-0.4, -0.2) is 12.6 Å². The lowest BCUT2D eigenvalue weighted by Crippen LogP contribution is -2.51. The van der Waals surface area contributed by atoms with E-state index in [9.17, 15) is 0 Å². The minimum atomic E-state index is 0.531. The molecule has 0 aromatic heterocycles. The van der Waals surface area contributed by atoms with E-state index in [0.29, 0.717) is 5.54 Å². The summed E-state index contributed by atoms with van der Waals surface area (Å²) in [4.78, 5) is 0. The third kappa shape index (κ3) is 1.84. The van der Waals surface area contributed by atoms with Crippen molar-refractivity contribution in [1.29, 1.82) is 0 Å². The molecule has 0 spiro atoms. The van der Waals surface area contributed by atoms with Crippen molar-refractivity contribution in [2.45, 2.75) is 63.8 Å². The SMILES string of the molecule is CNC1(C2CCCC2)CCC(C)CC1. The van der Waals surface area contributed by atoms with Gasteiger partial charge in [0.15, 0.2) is 0 Å². The molecule has 1 heteroatoms. The van der Waals surface area contributed by atoms with Gasteiger partial charge in [0.05, 0.1) is 0 Å². The Bertz CT molecular complexity index is 174. The average molecular weight is 195 g/mol. The highest BCUT2D eigenvalue weighted by Crippen LogP contribution is 2.43. The van der Waals surface area contributed by atoms with Gasteiger partial charge in [-0.15, -0.1) is 0 Å². The van der Waals surface area contributed by atoms with Gasteiger partial charge in [0, 0.05) is 5.54 Å². The minimum Gasteiger partial charge on any atom is -0.314 e. The standard InChI is InChI=1S/C13H25N/c1-11-7-9-13(14-2,10-8-11)12-5-3-4-6-12/h11-12,14H,3-10H2,1-2H3. The minimum absolute atomic E-state index is 0.531. The van der Waals surface area contributed by atoms with Crippen LogP contribution in [0.2, 0.25) is 0 Å². The van der Waals surface area contributed by atoms with Gasteiger partial charge in [-0.1, -0.05) is 19.8 Å². The summed E-state index contributed by atoms with van der Waals surface area (Å²) in [6.07, 6.45) is 11.6. The van der Waals surface area contributed by atoms with Crippen LogP contribution in [0.1, 0.15) is 58.3 Å². The molecule has 1 N–H and O–H groups in total. The predicted molar refractivity (Wildman–Crippen MR) is 61.4 cm³/mol. The molecule has 82 valence electrons. The van der Waals surface area contributed by atoms with Crippen molar-refractivity contribution in [3.63, 3.8) is 0 Å². The van der Waals surface area contributed by atoms with Crippen molar-refractivity contribution >= 4 is 0 Å². The second-order valence-corrected chi connectivity index (χ2v) is 5.57. The topological polar surface area (TPSA) is 12.0 Å². The summed E-state index contributed by atoms with van der Waals surface area (Å²) >= 11 is 0. The van der Waals surface area contributed by atoms with Crippen LogP contribution in [0.4, 0.5) is 0 Å². The van der Waals surface area contributed by atoms with E-state index in [-0.39, 0.29) is 0 Å². The Morgan fingerprint density at radius 3 is 2.07 bits per heavy atom. The Labute approximate surface area is 88.7 Å². The molecule has 0 saturated heterocycles. The first-order valence-corrected chi connectivity index (χ1v) is 6.46. The van der Waals surface area contributed by atoms with E-state index in [0.717, 1.165) is 11.8 Å². The van der Waals surface area contributed by atoms with E-state index in [1.807, 2.05) is 0 Å². The molecule has 0 aromatic carbocycles. The lowest BCUT2D eigenvalue weighted by molar-refractivity contribution is 0.134. The van der Waals surface area contributed by atoms with E-state index >= 15 is 0 Å². The van der Waals surface area contributed by atoms with Crippen LogP contribution in [0, 0.1) is 11.8 Å². The number of hydrogen-bond acceptors (Lipinski definition) is 1. The van der Waals surface area contributed by atoms with Gasteiger partial charge in [0.25, 0.3) is 0 Å². The molecule has 0 aromatic rings. The third-order valence-electron chi connectivity index (χ3n) is 4.80. The van der Waals surface area contributed by atoms with E-state index in [1.165, 1.54) is 51.4 Å². The smallest absolute Gasteiger partial charge is 0.0206 e. The number of rotatable bonds is 2. The van der Waals surface area contributed by atoms with Gasteiger partial charge in [-0.05, 0) is 57.4 Å². The maximum absolute atomic E-state index is 3.68. The van der Waals surface area contributed by atoms with E-state index in [1.54, 1.807) is 0 Å². The van der Waals surface area contributed by atoms with E-state index < -0.39 is 0 Å². The Kier molecular flexibility index (Phi) is 3.16. The van der Waals surface area contributed by atoms with E-state index in [4.69, 9.17) is 0 Å². The fraction of sp³-hybridized carbons (Fsp3) is 1.00. The van der Waals surface area contributed by atoms with Gasteiger partial charge < -0.3 is 5.32 Å². The van der Waals surface area contributed by atoms with Crippen molar-refractivity contribution in [3.8, 4) is 0 Å². The molecule has 0 amide bonds. The maximum Gasteiger partial charge on any atom is 0.0206 e. The molecule has 0 radical (unpaired) electrons. The van der Waals surface area contributed by atoms with Crippen molar-refractivity contribution < 1.29 is 0 Å². The monoisotopic (exact) mass is 195 g/mol. The molecule has 1 nitrogen and oxygen atoms in total. The predicted octanol–water partition coefficient (Wildman–Crippen LogP) is 3.34. The molecule has 0 unspecified atom stereocenters. The Morgan fingerprint density at radius 2 is 1.57 bits per heavy atom. The fourth-order valence-electron chi connectivity index (χ4n) is 3.62. The molecule has 0 heterocycles. The molecule has 0 aliphatic heterocycles. The lowest BCUT2D eigenvalue weighted by atomic mass is 9.69. The molecular weight excluding hydrogens is 170 g/mol. The van der Waals surface area contributed by atoms with Gasteiger partial charge in [0.1, 0.15) is 0 Å². The molecular formula is C13H25N. The zero-order chi connectivity index (χ0) is 10.0. The summed E-state index contributed by atoms with van der Waals surface area (Å²) in [5, 5.41) is 3.68. The maximum atomic E-state index is 3.68. The first-order valence-electron chi connectivity index (χ1n) is 6.46. The Hall–Kier alpha value is -0.0400. The summed E-state index contributed by atoms with van der Waals surface area (Å²) in [6.45, 7) is 2.41. The van der Waals surface area contributed by atoms with Gasteiger partial charge in [-0.2, -0.15) is 0 Å². The first kappa shape index (κ1) is 10.5. The van der Waals surface area contributed by atoms with Gasteiger partial charge in [-0.25, -0.2) is 0 Å². The first-order chi connectivity index (χ1) is 6.77. The molecule has 2 aliphatic carbocycles. The average Bonchev–Trinajstić information content (AvgIpc) is 2.73. The fourth-order valence-corrected chi connectivity index (χ4v) is 3.62. The zero-order valence-corrected chi connectivity index (χ0v) is 9.81. The van der Waals surface area contributed by atoms with Gasteiger partial charge in [0.2, 0.25) is 0 Å². The second-order valence-electron chi connectivity index (χ2n) is 5.57. The lowest BCUT2D eigenvalue weighted by Gasteiger charge is -2.44. The molecule has 0 bridgehead atoms. The summed E-state index contributed by atoms with van der Waals surface area (Å²) in [5.74, 6) is 1.96. The summed E-state index contributed by atoms with van der Waals surface area (Å²) in [6, 6.07) is 0. The van der Waals surface area contributed by atoms with E-state index in [2.05, 4.69) is 19.3 Å². The van der Waals surface area contributed by atoms with Crippen molar-refractivity contribution in [3.05, 3.63) is 0 Å². The summed E-state index contributed by atoms with van der Waals surface area (Å²) in [5.41, 5.74) is 0.531. The van der Waals surface area contributed by atoms with Crippen molar-refractivity contribution in [2.75, 3.05) is 7.05 Å². The van der Waals surface area contributed by atoms with Crippen LogP contribution >= 0.6 is 0 Å². The highest BCUT2D eigenvalue weighted by molar-refractivity contribution is 4.98. The Balaban J connectivity index is 2.01. The van der Waals surface area contributed by atoms with Crippen LogP contribution in [0.5, 0.6) is 0 Å². The highest BCUT2D eigenvalue weighted by Gasteiger charge is 2.40. The summed E-state index contributed by atoms with van der Waals surface area (Å²) in [7, 11) is 2.19. The zero-order valence-electron chi connectivity index (χ0n) is 9.81. The highest BCUT2D eigenvalue weighted by atomic mass is 15.0. The van der Waals surface area contributed by atoms with Crippen LogP contribution in [0.3, 0.4) is 0 Å². The van der Waals surface area contributed by atoms with Gasteiger partial charge in [-0.3, -0.25) is 0 Å². The number of nitrogens with one attached hydrogen (secondary N) is 1. The Morgan fingerprint density at radius 1 is 1.00 bits per heavy atom. The number of hydrogen-bond donors (Lipinski definition) is 1. The van der Waals surface area contributed by atoms with Crippen LogP contribution in [-0.2, 0) is 0 Å². The quantitative estimate of drug-likeness (QED) is 0.712. The van der Waals surface area contributed by atoms with Crippen molar-refractivity contribution in [1.82, 2.24) is 5.32 Å². The molecule has 2 fully saturated rings. The summed E-state index contributed by atoms with van der Waals surface area (Å²) < 4.78 is 0. The molecule has 14 heavy (non-hydrogen) atoms. The molecule has 2 rings (SSSR count). The van der Waals surface area contributed by atoms with Crippen LogP contribution < -0.4 is 5.32 Å². The molecule has 2 saturated carbocycles. The van der Waals surface area contributed by atoms with Crippen LogP contribution in [0.15, 0.2) is 0 Å². The second kappa shape index (κ2) is 4.22. The van der Waals surface area contributed by atoms with Gasteiger partial charge >= 0.3 is 0 Å². The third-order valence-corrected chi connectivity index (χ3v) is 4.80. The largest absolute Gasteiger partial charge is 0.314 e. The van der Waals surface area contributed by atoms with Crippen molar-refractivity contribution in [2.24, 2.45) is 11.8 Å². The molecule has 2 aliphatic rings. The van der Waals surface area contributed by atoms with Crippen LogP contribution in [0.25, 0.3) is 0 Å².